The molecule has 0 radical (unpaired) electrons. The molecule has 0 heterocycles. The molecule has 0 aromatic heterocycles. The van der Waals surface area contributed by atoms with E-state index < -0.39 is 0 Å². The number of aromatic hydroxyl groups is 1. The Labute approximate surface area is 122 Å². The Morgan fingerprint density at radius 2 is 2.16 bits per heavy atom. The van der Waals surface area contributed by atoms with Crippen LogP contribution in [0.1, 0.15) is 25.3 Å². The lowest BCUT2D eigenvalue weighted by atomic mass is 10.2. The summed E-state index contributed by atoms with van der Waals surface area (Å²) in [5, 5.41) is 13.6. The largest absolute Gasteiger partial charge is 0.506 e. The number of benzene rings is 1. The van der Waals surface area contributed by atoms with Crippen LogP contribution in [0.25, 0.3) is 0 Å². The van der Waals surface area contributed by atoms with E-state index in [2.05, 4.69) is 5.32 Å². The predicted octanol–water partition coefficient (Wildman–Crippen LogP) is 3.13. The fourth-order valence-electron chi connectivity index (χ4n) is 1.57. The molecule has 0 aliphatic heterocycles. The molecule has 19 heavy (non-hydrogen) atoms. The van der Waals surface area contributed by atoms with E-state index in [1.165, 1.54) is 6.07 Å². The van der Waals surface area contributed by atoms with Gasteiger partial charge in [0, 0.05) is 23.6 Å². The van der Waals surface area contributed by atoms with Crippen molar-refractivity contribution in [2.75, 3.05) is 13.2 Å². The first-order chi connectivity index (χ1) is 9.04. The molecule has 0 amide bonds. The van der Waals surface area contributed by atoms with Crippen LogP contribution in [0.4, 0.5) is 0 Å². The van der Waals surface area contributed by atoms with Gasteiger partial charge >= 0.3 is 5.97 Å². The van der Waals surface area contributed by atoms with Gasteiger partial charge in [-0.15, -0.1) is 0 Å². The summed E-state index contributed by atoms with van der Waals surface area (Å²) < 4.78 is 4.82. The molecule has 1 aromatic rings. The van der Waals surface area contributed by atoms with Crippen LogP contribution in [0.5, 0.6) is 5.75 Å². The number of phenolic OH excluding ortho intramolecular Hbond substituents is 1. The van der Waals surface area contributed by atoms with Crippen LogP contribution in [0.3, 0.4) is 0 Å². The molecule has 106 valence electrons. The van der Waals surface area contributed by atoms with Crippen LogP contribution in [-0.2, 0) is 16.1 Å². The summed E-state index contributed by atoms with van der Waals surface area (Å²) in [5.41, 5.74) is 0.633. The predicted molar refractivity (Wildman–Crippen MR) is 75.7 cm³/mol. The average Bonchev–Trinajstić information content (AvgIpc) is 2.34. The van der Waals surface area contributed by atoms with Gasteiger partial charge in [0.2, 0.25) is 0 Å². The number of carbonyl (C=O) groups is 1. The highest BCUT2D eigenvalue weighted by atomic mass is 35.5. The normalized spacial score (nSPS) is 10.5. The molecule has 1 aromatic carbocycles. The Morgan fingerprint density at radius 3 is 2.84 bits per heavy atom. The van der Waals surface area contributed by atoms with Gasteiger partial charge in [-0.1, -0.05) is 23.2 Å². The summed E-state index contributed by atoms with van der Waals surface area (Å²) in [6.07, 6.45) is 1.05. The van der Waals surface area contributed by atoms with Crippen molar-refractivity contribution in [1.29, 1.82) is 0 Å². The first-order valence-electron chi connectivity index (χ1n) is 6.07. The third-order valence-electron chi connectivity index (χ3n) is 2.46. The summed E-state index contributed by atoms with van der Waals surface area (Å²) in [6.45, 7) is 3.26. The zero-order valence-electron chi connectivity index (χ0n) is 10.7. The van der Waals surface area contributed by atoms with Gasteiger partial charge in [0.1, 0.15) is 5.75 Å². The summed E-state index contributed by atoms with van der Waals surface area (Å²) in [4.78, 5) is 11.1. The van der Waals surface area contributed by atoms with Crippen LogP contribution in [-0.4, -0.2) is 24.2 Å². The smallest absolute Gasteiger partial charge is 0.305 e. The highest BCUT2D eigenvalue weighted by molar-refractivity contribution is 6.35. The fraction of sp³-hybridized carbons (Fsp3) is 0.462. The van der Waals surface area contributed by atoms with Crippen molar-refractivity contribution in [2.45, 2.75) is 26.3 Å². The number of esters is 1. The molecular formula is C13H17Cl2NO3. The Bertz CT molecular complexity index is 438. The van der Waals surface area contributed by atoms with Gasteiger partial charge in [0.05, 0.1) is 11.6 Å². The minimum Gasteiger partial charge on any atom is -0.506 e. The lowest BCUT2D eigenvalue weighted by molar-refractivity contribution is -0.143. The average molecular weight is 306 g/mol. The lowest BCUT2D eigenvalue weighted by Crippen LogP contribution is -2.16. The van der Waals surface area contributed by atoms with E-state index in [4.69, 9.17) is 27.9 Å². The molecule has 0 unspecified atom stereocenters. The maximum atomic E-state index is 11.1. The van der Waals surface area contributed by atoms with Crippen molar-refractivity contribution in [3.8, 4) is 5.75 Å². The molecule has 0 saturated heterocycles. The molecule has 1 rings (SSSR count). The Morgan fingerprint density at radius 1 is 1.42 bits per heavy atom. The highest BCUT2D eigenvalue weighted by Crippen LogP contribution is 2.30. The number of hydrogen-bond acceptors (Lipinski definition) is 4. The van der Waals surface area contributed by atoms with Gasteiger partial charge in [-0.25, -0.2) is 0 Å². The second-order valence-electron chi connectivity index (χ2n) is 3.98. The van der Waals surface area contributed by atoms with Crippen LogP contribution in [0.2, 0.25) is 10.0 Å². The van der Waals surface area contributed by atoms with Gasteiger partial charge in [0.25, 0.3) is 0 Å². The molecule has 0 bridgehead atoms. The van der Waals surface area contributed by atoms with Crippen LogP contribution < -0.4 is 5.32 Å². The molecule has 2 N–H and O–H groups in total. The number of ether oxygens (including phenoxy) is 1. The van der Waals surface area contributed by atoms with Crippen LogP contribution in [0.15, 0.2) is 12.1 Å². The van der Waals surface area contributed by atoms with Crippen molar-refractivity contribution < 1.29 is 14.6 Å². The van der Waals surface area contributed by atoms with Crippen molar-refractivity contribution >= 4 is 29.2 Å². The number of carbonyl (C=O) groups excluding carboxylic acids is 1. The molecule has 6 heteroatoms. The zero-order chi connectivity index (χ0) is 14.3. The molecule has 0 spiro atoms. The minimum absolute atomic E-state index is 0.0314. The van der Waals surface area contributed by atoms with E-state index in [1.807, 2.05) is 0 Å². The Kier molecular flexibility index (Phi) is 6.99. The van der Waals surface area contributed by atoms with E-state index in [1.54, 1.807) is 13.0 Å². The number of nitrogens with one attached hydrogen (secondary N) is 1. The van der Waals surface area contributed by atoms with Gasteiger partial charge in [0.15, 0.2) is 0 Å². The quantitative estimate of drug-likeness (QED) is 0.600. The van der Waals surface area contributed by atoms with Crippen LogP contribution in [0, 0.1) is 0 Å². The van der Waals surface area contributed by atoms with E-state index in [0.29, 0.717) is 43.1 Å². The van der Waals surface area contributed by atoms with Gasteiger partial charge < -0.3 is 15.2 Å². The summed E-state index contributed by atoms with van der Waals surface area (Å²) in [5.74, 6) is -0.165. The van der Waals surface area contributed by atoms with E-state index in [9.17, 15) is 9.90 Å². The fourth-order valence-corrected chi connectivity index (χ4v) is 2.10. The van der Waals surface area contributed by atoms with Gasteiger partial charge in [-0.2, -0.15) is 0 Å². The first kappa shape index (κ1) is 16.1. The standard InChI is InChI=1S/C13H17Cl2NO3/c1-2-19-12(17)4-3-5-16-8-9-6-10(14)7-11(15)13(9)18/h6-7,16,18H,2-5,8H2,1H3. The van der Waals surface area contributed by atoms with E-state index in [0.717, 1.165) is 0 Å². The minimum atomic E-state index is -0.196. The van der Waals surface area contributed by atoms with Gasteiger partial charge in [-0.05, 0) is 32.0 Å². The number of halogens is 2. The van der Waals surface area contributed by atoms with Crippen molar-refractivity contribution in [3.63, 3.8) is 0 Å². The van der Waals surface area contributed by atoms with E-state index >= 15 is 0 Å². The number of phenols is 1. The molecule has 0 aliphatic carbocycles. The number of rotatable bonds is 7. The Hall–Kier alpha value is -0.970. The molecule has 0 fully saturated rings. The summed E-state index contributed by atoms with van der Waals surface area (Å²) >= 11 is 11.7. The molecule has 0 atom stereocenters. The third kappa shape index (κ3) is 5.68. The summed E-state index contributed by atoms with van der Waals surface area (Å²) in [6, 6.07) is 3.14. The molecular weight excluding hydrogens is 289 g/mol. The first-order valence-corrected chi connectivity index (χ1v) is 6.83. The maximum absolute atomic E-state index is 11.1. The second-order valence-corrected chi connectivity index (χ2v) is 4.82. The molecule has 0 saturated carbocycles. The number of hydrogen-bond donors (Lipinski definition) is 2. The Balaban J connectivity index is 2.32. The van der Waals surface area contributed by atoms with Crippen molar-refractivity contribution in [3.05, 3.63) is 27.7 Å². The molecule has 0 aliphatic rings. The highest BCUT2D eigenvalue weighted by Gasteiger charge is 2.07. The molecule has 4 nitrogen and oxygen atoms in total. The third-order valence-corrected chi connectivity index (χ3v) is 2.97. The SMILES string of the molecule is CCOC(=O)CCCNCc1cc(Cl)cc(Cl)c1O. The topological polar surface area (TPSA) is 58.6 Å². The second kappa shape index (κ2) is 8.25. The lowest BCUT2D eigenvalue weighted by Gasteiger charge is -2.08. The van der Waals surface area contributed by atoms with Gasteiger partial charge in [-0.3, -0.25) is 4.79 Å². The maximum Gasteiger partial charge on any atom is 0.305 e. The summed E-state index contributed by atoms with van der Waals surface area (Å²) in [7, 11) is 0. The van der Waals surface area contributed by atoms with Crippen molar-refractivity contribution in [1.82, 2.24) is 5.32 Å². The van der Waals surface area contributed by atoms with Crippen molar-refractivity contribution in [2.24, 2.45) is 0 Å². The monoisotopic (exact) mass is 305 g/mol. The zero-order valence-corrected chi connectivity index (χ0v) is 12.2. The van der Waals surface area contributed by atoms with E-state index in [-0.39, 0.29) is 16.7 Å². The van der Waals surface area contributed by atoms with Crippen LogP contribution >= 0.6 is 23.2 Å².